The zero-order valence-corrected chi connectivity index (χ0v) is 21.3. The van der Waals surface area contributed by atoms with E-state index in [4.69, 9.17) is 15.2 Å². The number of rotatable bonds is 7. The topological polar surface area (TPSA) is 97.0 Å². The molecular formula is C29H33N5O3. The summed E-state index contributed by atoms with van der Waals surface area (Å²) in [5.74, 6) is 6.90. The maximum absolute atomic E-state index is 10.3. The third-order valence-electron chi connectivity index (χ3n) is 6.92. The van der Waals surface area contributed by atoms with Gasteiger partial charge >= 0.3 is 0 Å². The van der Waals surface area contributed by atoms with Crippen LogP contribution >= 0.6 is 0 Å². The molecule has 37 heavy (non-hydrogen) atoms. The van der Waals surface area contributed by atoms with Gasteiger partial charge in [0.05, 0.1) is 11.4 Å². The summed E-state index contributed by atoms with van der Waals surface area (Å²) in [4.78, 5) is 4.84. The predicted molar refractivity (Wildman–Crippen MR) is 145 cm³/mol. The average molecular weight is 500 g/mol. The zero-order valence-electron chi connectivity index (χ0n) is 21.3. The van der Waals surface area contributed by atoms with Gasteiger partial charge in [0.1, 0.15) is 5.75 Å². The fraction of sp³-hybridized carbons (Fsp3) is 0.379. The highest BCUT2D eigenvalue weighted by Gasteiger charge is 2.40. The summed E-state index contributed by atoms with van der Waals surface area (Å²) in [5, 5.41) is 18.7. The van der Waals surface area contributed by atoms with Crippen molar-refractivity contribution in [2.45, 2.75) is 45.1 Å². The molecule has 3 N–H and O–H groups in total. The minimum Gasteiger partial charge on any atom is -0.507 e. The molecule has 2 aliphatic rings. The first-order valence-corrected chi connectivity index (χ1v) is 12.9. The lowest BCUT2D eigenvalue weighted by atomic mass is 10.1. The minimum absolute atomic E-state index is 0.175. The van der Waals surface area contributed by atoms with Crippen LogP contribution in [-0.4, -0.2) is 60.0 Å². The van der Waals surface area contributed by atoms with Crippen molar-refractivity contribution in [3.8, 4) is 28.8 Å². The molecule has 2 unspecified atom stereocenters. The van der Waals surface area contributed by atoms with Gasteiger partial charge in [-0.2, -0.15) is 0 Å². The zero-order chi connectivity index (χ0) is 25.8. The van der Waals surface area contributed by atoms with Crippen LogP contribution in [0, 0.1) is 11.8 Å². The molecule has 2 fully saturated rings. The molecule has 2 bridgehead atoms. The number of hydrogen-bond acceptors (Lipinski definition) is 8. The van der Waals surface area contributed by atoms with Gasteiger partial charge in [0.15, 0.2) is 5.82 Å². The van der Waals surface area contributed by atoms with Gasteiger partial charge in [-0.3, -0.25) is 0 Å². The van der Waals surface area contributed by atoms with E-state index < -0.39 is 6.29 Å². The standard InChI is InChI=1S/C29H33N5O3/c1-3-36-28(37-4-2)15-12-20-8-7-9-21(16-20)34-22-13-14-23(34)19-33(18-22)26-17-25(31-32-29(26)30)24-10-5-6-11-27(24)35/h5-11,16-17,22-23,28,35H,3-4,13-14,18-19H2,1-2H3,(H2,30,32). The number of nitrogens with zero attached hydrogens (tertiary/aromatic N) is 4. The summed E-state index contributed by atoms with van der Waals surface area (Å²) in [6, 6.07) is 18.2. The number of phenols is 1. The monoisotopic (exact) mass is 499 g/mol. The molecular weight excluding hydrogens is 466 g/mol. The summed E-state index contributed by atoms with van der Waals surface area (Å²) < 4.78 is 11.1. The minimum atomic E-state index is -0.513. The van der Waals surface area contributed by atoms with Gasteiger partial charge in [0, 0.05) is 55.2 Å². The van der Waals surface area contributed by atoms with Crippen molar-refractivity contribution in [3.63, 3.8) is 0 Å². The van der Waals surface area contributed by atoms with Crippen LogP contribution in [0.5, 0.6) is 5.75 Å². The van der Waals surface area contributed by atoms with Crippen LogP contribution in [0.15, 0.2) is 54.6 Å². The Hall–Kier alpha value is -3.80. The van der Waals surface area contributed by atoms with E-state index in [-0.39, 0.29) is 5.75 Å². The largest absolute Gasteiger partial charge is 0.507 e. The summed E-state index contributed by atoms with van der Waals surface area (Å²) in [5.41, 5.74) is 10.5. The van der Waals surface area contributed by atoms with E-state index in [9.17, 15) is 5.11 Å². The van der Waals surface area contributed by atoms with Crippen molar-refractivity contribution in [2.24, 2.45) is 0 Å². The summed E-state index contributed by atoms with van der Waals surface area (Å²) >= 11 is 0. The number of fused-ring (bicyclic) bond motifs is 2. The molecule has 0 amide bonds. The third kappa shape index (κ3) is 5.33. The second-order valence-electron chi connectivity index (χ2n) is 9.28. The molecule has 3 aromatic rings. The fourth-order valence-electron chi connectivity index (χ4n) is 5.31. The number of piperazine rings is 1. The molecule has 0 aliphatic carbocycles. The van der Waals surface area contributed by atoms with Crippen LogP contribution in [0.2, 0.25) is 0 Å². The van der Waals surface area contributed by atoms with Crippen LogP contribution < -0.4 is 15.5 Å². The van der Waals surface area contributed by atoms with Crippen LogP contribution in [0.3, 0.4) is 0 Å². The van der Waals surface area contributed by atoms with Gasteiger partial charge in [-0.15, -0.1) is 10.2 Å². The average Bonchev–Trinajstić information content (AvgIpc) is 3.17. The fourth-order valence-corrected chi connectivity index (χ4v) is 5.31. The van der Waals surface area contributed by atoms with Crippen LogP contribution in [0.25, 0.3) is 11.3 Å². The number of anilines is 3. The number of benzene rings is 2. The quantitative estimate of drug-likeness (QED) is 0.371. The van der Waals surface area contributed by atoms with Crippen molar-refractivity contribution >= 4 is 17.2 Å². The van der Waals surface area contributed by atoms with Crippen molar-refractivity contribution in [1.29, 1.82) is 0 Å². The van der Waals surface area contributed by atoms with Gasteiger partial charge in [0.25, 0.3) is 0 Å². The molecule has 8 heteroatoms. The van der Waals surface area contributed by atoms with Crippen LogP contribution in [-0.2, 0) is 9.47 Å². The van der Waals surface area contributed by atoms with Gasteiger partial charge in [-0.25, -0.2) is 0 Å². The van der Waals surface area contributed by atoms with Crippen LogP contribution in [0.4, 0.5) is 17.2 Å². The molecule has 0 saturated carbocycles. The Morgan fingerprint density at radius 3 is 2.43 bits per heavy atom. The van der Waals surface area contributed by atoms with E-state index in [1.54, 1.807) is 12.1 Å². The molecule has 1 aromatic heterocycles. The van der Waals surface area contributed by atoms with Crippen molar-refractivity contribution in [3.05, 3.63) is 60.2 Å². The van der Waals surface area contributed by atoms with E-state index in [1.807, 2.05) is 38.1 Å². The SMILES string of the molecule is CCOC(C#Cc1cccc(N2C3CCC2CN(c2cc(-c4ccccc4O)nnc2N)C3)c1)OCC. The normalized spacial score (nSPS) is 18.7. The molecule has 2 aromatic carbocycles. The van der Waals surface area contributed by atoms with Crippen molar-refractivity contribution in [1.82, 2.24) is 10.2 Å². The maximum Gasteiger partial charge on any atom is 0.222 e. The number of aromatic hydroxyl groups is 1. The third-order valence-corrected chi connectivity index (χ3v) is 6.92. The molecule has 0 spiro atoms. The first kappa shape index (κ1) is 24.9. The molecule has 192 valence electrons. The number of aromatic nitrogens is 2. The van der Waals surface area contributed by atoms with Crippen molar-refractivity contribution < 1.29 is 14.6 Å². The Bertz CT molecular complexity index is 1280. The molecule has 3 heterocycles. The van der Waals surface area contributed by atoms with Gasteiger partial charge < -0.3 is 30.1 Å². The lowest BCUT2D eigenvalue weighted by Crippen LogP contribution is -2.54. The molecule has 8 nitrogen and oxygen atoms in total. The van der Waals surface area contributed by atoms with E-state index in [1.165, 1.54) is 5.69 Å². The highest BCUT2D eigenvalue weighted by Crippen LogP contribution is 2.39. The first-order chi connectivity index (χ1) is 18.1. The molecule has 0 radical (unpaired) electrons. The number of ether oxygens (including phenoxy) is 2. The Kier molecular flexibility index (Phi) is 7.45. The van der Waals surface area contributed by atoms with Crippen LogP contribution in [0.1, 0.15) is 32.3 Å². The Balaban J connectivity index is 1.36. The second kappa shape index (κ2) is 11.1. The molecule has 2 saturated heterocycles. The molecule has 5 rings (SSSR count). The summed E-state index contributed by atoms with van der Waals surface area (Å²) in [6.45, 7) is 6.65. The first-order valence-electron chi connectivity index (χ1n) is 12.9. The maximum atomic E-state index is 10.3. The molecule has 2 atom stereocenters. The number of nitrogens with two attached hydrogens (primary N) is 1. The van der Waals surface area contributed by atoms with E-state index in [2.05, 4.69) is 50.0 Å². The number of para-hydroxylation sites is 1. The number of nitrogen functional groups attached to an aromatic ring is 1. The highest BCUT2D eigenvalue weighted by atomic mass is 16.7. The highest BCUT2D eigenvalue weighted by molar-refractivity contribution is 5.74. The Morgan fingerprint density at radius 2 is 1.73 bits per heavy atom. The van der Waals surface area contributed by atoms with Gasteiger partial charge in [0.2, 0.25) is 6.29 Å². The lowest BCUT2D eigenvalue weighted by Gasteiger charge is -2.43. The van der Waals surface area contributed by atoms with Crippen molar-refractivity contribution in [2.75, 3.05) is 41.8 Å². The number of hydrogen-bond donors (Lipinski definition) is 2. The van der Waals surface area contributed by atoms with E-state index in [0.29, 0.717) is 42.4 Å². The summed E-state index contributed by atoms with van der Waals surface area (Å²) in [7, 11) is 0. The Morgan fingerprint density at radius 1 is 1.00 bits per heavy atom. The molecule has 2 aliphatic heterocycles. The van der Waals surface area contributed by atoms with E-state index in [0.717, 1.165) is 37.2 Å². The summed E-state index contributed by atoms with van der Waals surface area (Å²) in [6.07, 6.45) is 1.71. The number of phenolic OH excluding ortho intramolecular Hbond substituents is 1. The smallest absolute Gasteiger partial charge is 0.222 e. The second-order valence-corrected chi connectivity index (χ2v) is 9.28. The van der Waals surface area contributed by atoms with Gasteiger partial charge in [-0.1, -0.05) is 24.1 Å². The predicted octanol–water partition coefficient (Wildman–Crippen LogP) is 4.04. The Labute approximate surface area is 218 Å². The van der Waals surface area contributed by atoms with E-state index >= 15 is 0 Å². The lowest BCUT2D eigenvalue weighted by molar-refractivity contribution is -0.0969. The van der Waals surface area contributed by atoms with Gasteiger partial charge in [-0.05, 0) is 69.0 Å².